The number of rotatable bonds is 1. The highest BCUT2D eigenvalue weighted by molar-refractivity contribution is 5.90. The molecule has 2 rings (SSSR count). The predicted molar refractivity (Wildman–Crippen MR) is 67.0 cm³/mol. The van der Waals surface area contributed by atoms with E-state index in [1.165, 1.54) is 11.1 Å². The second-order valence-corrected chi connectivity index (χ2v) is 5.56. The molecular formula is C12H17N3O4. The van der Waals surface area contributed by atoms with Crippen molar-refractivity contribution >= 4 is 17.7 Å². The first-order valence-corrected chi connectivity index (χ1v) is 6.03. The number of hydrogen-bond acceptors (Lipinski definition) is 4. The topological polar surface area (TPSA) is 95.5 Å². The SMILES string of the molecule is CC(C)(C)OC(=O)N1CC(C(=O)O)Cc2[nH]ncc21. The van der Waals surface area contributed by atoms with E-state index in [2.05, 4.69) is 10.2 Å². The maximum Gasteiger partial charge on any atom is 0.414 e. The number of carboxylic acid groups (broad SMARTS) is 1. The van der Waals surface area contributed by atoms with Crippen molar-refractivity contribution in [1.82, 2.24) is 10.2 Å². The molecule has 1 unspecified atom stereocenters. The summed E-state index contributed by atoms with van der Waals surface area (Å²) in [7, 11) is 0. The Bertz CT molecular complexity index is 503. The number of carbonyl (C=O) groups is 2. The lowest BCUT2D eigenvalue weighted by Crippen LogP contribution is -2.44. The third-order valence-corrected chi connectivity index (χ3v) is 2.80. The van der Waals surface area contributed by atoms with E-state index < -0.39 is 23.6 Å². The van der Waals surface area contributed by atoms with Crippen LogP contribution in [0, 0.1) is 5.92 Å². The number of aromatic amines is 1. The number of nitrogens with one attached hydrogen (secondary N) is 1. The molecule has 7 heteroatoms. The van der Waals surface area contributed by atoms with Gasteiger partial charge in [0, 0.05) is 13.0 Å². The van der Waals surface area contributed by atoms with Crippen molar-refractivity contribution in [2.45, 2.75) is 32.8 Å². The van der Waals surface area contributed by atoms with Crippen molar-refractivity contribution in [2.75, 3.05) is 11.4 Å². The van der Waals surface area contributed by atoms with Gasteiger partial charge in [0.15, 0.2) is 0 Å². The molecule has 0 aliphatic carbocycles. The Kier molecular flexibility index (Phi) is 3.21. The third-order valence-electron chi connectivity index (χ3n) is 2.80. The largest absolute Gasteiger partial charge is 0.481 e. The van der Waals surface area contributed by atoms with Gasteiger partial charge >= 0.3 is 12.1 Å². The van der Waals surface area contributed by atoms with Gasteiger partial charge in [-0.1, -0.05) is 0 Å². The Hall–Kier alpha value is -2.05. The zero-order chi connectivity index (χ0) is 14.2. The number of ether oxygens (including phenoxy) is 1. The summed E-state index contributed by atoms with van der Waals surface area (Å²) in [5.41, 5.74) is 0.605. The lowest BCUT2D eigenvalue weighted by Gasteiger charge is -2.32. The maximum absolute atomic E-state index is 12.1. The summed E-state index contributed by atoms with van der Waals surface area (Å²) >= 11 is 0. The Morgan fingerprint density at radius 3 is 2.79 bits per heavy atom. The molecule has 0 bridgehead atoms. The molecule has 0 radical (unpaired) electrons. The van der Waals surface area contributed by atoms with Gasteiger partial charge in [0.25, 0.3) is 0 Å². The Morgan fingerprint density at radius 1 is 1.53 bits per heavy atom. The summed E-state index contributed by atoms with van der Waals surface area (Å²) in [4.78, 5) is 24.6. The minimum Gasteiger partial charge on any atom is -0.481 e. The Balaban J connectivity index is 2.25. The van der Waals surface area contributed by atoms with Gasteiger partial charge in [0.1, 0.15) is 5.60 Å². The second-order valence-electron chi connectivity index (χ2n) is 5.56. The molecule has 1 aromatic rings. The molecule has 2 heterocycles. The zero-order valence-electron chi connectivity index (χ0n) is 11.1. The molecule has 1 atom stereocenters. The summed E-state index contributed by atoms with van der Waals surface area (Å²) in [5, 5.41) is 15.7. The molecule has 1 aliphatic rings. The number of fused-ring (bicyclic) bond motifs is 1. The number of carboxylic acids is 1. The third kappa shape index (κ3) is 2.86. The van der Waals surface area contributed by atoms with Crippen LogP contribution in [0.15, 0.2) is 6.20 Å². The molecule has 104 valence electrons. The first-order valence-electron chi connectivity index (χ1n) is 6.03. The van der Waals surface area contributed by atoms with Gasteiger partial charge in [-0.3, -0.25) is 14.8 Å². The summed E-state index contributed by atoms with van der Waals surface area (Å²) in [5.74, 6) is -1.59. The number of carbonyl (C=O) groups excluding carboxylic acids is 1. The highest BCUT2D eigenvalue weighted by atomic mass is 16.6. The van der Waals surface area contributed by atoms with E-state index in [1.807, 2.05) is 0 Å². The van der Waals surface area contributed by atoms with Crippen molar-refractivity contribution in [3.8, 4) is 0 Å². The fourth-order valence-electron chi connectivity index (χ4n) is 1.97. The molecule has 1 aromatic heterocycles. The molecule has 1 amide bonds. The van der Waals surface area contributed by atoms with Gasteiger partial charge < -0.3 is 9.84 Å². The van der Waals surface area contributed by atoms with Gasteiger partial charge in [-0.2, -0.15) is 5.10 Å². The number of aromatic nitrogens is 2. The van der Waals surface area contributed by atoms with Crippen LogP contribution in [0.5, 0.6) is 0 Å². The number of H-pyrrole nitrogens is 1. The van der Waals surface area contributed by atoms with Crippen LogP contribution in [0.4, 0.5) is 10.5 Å². The van der Waals surface area contributed by atoms with Gasteiger partial charge in [0.05, 0.1) is 23.5 Å². The molecule has 0 saturated heterocycles. The van der Waals surface area contributed by atoms with Crippen LogP contribution < -0.4 is 4.90 Å². The van der Waals surface area contributed by atoms with Crippen molar-refractivity contribution in [3.63, 3.8) is 0 Å². The molecule has 2 N–H and O–H groups in total. The molecular weight excluding hydrogens is 250 g/mol. The lowest BCUT2D eigenvalue weighted by atomic mass is 9.98. The van der Waals surface area contributed by atoms with Crippen LogP contribution in [-0.4, -0.2) is 39.5 Å². The lowest BCUT2D eigenvalue weighted by molar-refractivity contribution is -0.141. The van der Waals surface area contributed by atoms with E-state index in [0.717, 1.165) is 0 Å². The molecule has 19 heavy (non-hydrogen) atoms. The van der Waals surface area contributed by atoms with Crippen LogP contribution in [0.3, 0.4) is 0 Å². The molecule has 0 fully saturated rings. The average Bonchev–Trinajstić information content (AvgIpc) is 2.72. The second kappa shape index (κ2) is 4.56. The monoisotopic (exact) mass is 267 g/mol. The number of anilines is 1. The van der Waals surface area contributed by atoms with Crippen LogP contribution in [0.2, 0.25) is 0 Å². The van der Waals surface area contributed by atoms with Crippen LogP contribution in [0.25, 0.3) is 0 Å². The van der Waals surface area contributed by atoms with E-state index in [-0.39, 0.29) is 6.54 Å². The summed E-state index contributed by atoms with van der Waals surface area (Å²) in [6, 6.07) is 0. The smallest absolute Gasteiger partial charge is 0.414 e. The standard InChI is InChI=1S/C12H17N3O4/c1-12(2,3)19-11(18)15-6-7(10(16)17)4-8-9(15)5-13-14-8/h5,7H,4,6H2,1-3H3,(H,13,14)(H,16,17). The van der Waals surface area contributed by atoms with Gasteiger partial charge in [-0.05, 0) is 20.8 Å². The van der Waals surface area contributed by atoms with Gasteiger partial charge in [-0.15, -0.1) is 0 Å². The summed E-state index contributed by atoms with van der Waals surface area (Å²) in [6.07, 6.45) is 1.29. The van der Waals surface area contributed by atoms with Crippen molar-refractivity contribution < 1.29 is 19.4 Å². The Labute approximate surface area is 110 Å². The number of aliphatic carboxylic acids is 1. The van der Waals surface area contributed by atoms with Gasteiger partial charge in [-0.25, -0.2) is 4.79 Å². The minimum absolute atomic E-state index is 0.0940. The van der Waals surface area contributed by atoms with E-state index in [9.17, 15) is 9.59 Å². The summed E-state index contributed by atoms with van der Waals surface area (Å²) < 4.78 is 5.28. The number of hydrogen-bond donors (Lipinski definition) is 2. The first-order chi connectivity index (χ1) is 8.78. The van der Waals surface area contributed by atoms with Crippen molar-refractivity contribution in [1.29, 1.82) is 0 Å². The minimum atomic E-state index is -0.936. The average molecular weight is 267 g/mol. The predicted octanol–water partition coefficient (Wildman–Crippen LogP) is 1.41. The molecule has 1 aliphatic heterocycles. The van der Waals surface area contributed by atoms with E-state index >= 15 is 0 Å². The highest BCUT2D eigenvalue weighted by Gasteiger charge is 2.35. The van der Waals surface area contributed by atoms with Crippen molar-refractivity contribution in [3.05, 3.63) is 11.9 Å². The number of amides is 1. The normalized spacial score (nSPS) is 18.9. The first kappa shape index (κ1) is 13.4. The molecule has 0 spiro atoms. The number of nitrogens with zero attached hydrogens (tertiary/aromatic N) is 2. The molecule has 0 saturated carbocycles. The quantitative estimate of drug-likeness (QED) is 0.802. The van der Waals surface area contributed by atoms with Gasteiger partial charge in [0.2, 0.25) is 0 Å². The zero-order valence-corrected chi connectivity index (χ0v) is 11.1. The van der Waals surface area contributed by atoms with E-state index in [1.54, 1.807) is 20.8 Å². The fraction of sp³-hybridized carbons (Fsp3) is 0.583. The van der Waals surface area contributed by atoms with Crippen LogP contribution in [-0.2, 0) is 16.0 Å². The fourth-order valence-corrected chi connectivity index (χ4v) is 1.97. The van der Waals surface area contributed by atoms with Crippen LogP contribution in [0.1, 0.15) is 26.5 Å². The highest BCUT2D eigenvalue weighted by Crippen LogP contribution is 2.29. The maximum atomic E-state index is 12.1. The Morgan fingerprint density at radius 2 is 2.21 bits per heavy atom. The summed E-state index contributed by atoms with van der Waals surface area (Å²) in [6.45, 7) is 5.39. The molecule has 7 nitrogen and oxygen atoms in total. The van der Waals surface area contributed by atoms with E-state index in [0.29, 0.717) is 17.8 Å². The van der Waals surface area contributed by atoms with Crippen LogP contribution >= 0.6 is 0 Å². The molecule has 0 aromatic carbocycles. The van der Waals surface area contributed by atoms with Crippen molar-refractivity contribution in [2.24, 2.45) is 5.92 Å². The van der Waals surface area contributed by atoms with E-state index in [4.69, 9.17) is 9.84 Å².